The van der Waals surface area contributed by atoms with E-state index in [2.05, 4.69) is 31.3 Å². The van der Waals surface area contributed by atoms with Gasteiger partial charge in [-0.2, -0.15) is 0 Å². The monoisotopic (exact) mass is 344 g/mol. The zero-order valence-corrected chi connectivity index (χ0v) is 15.1. The predicted molar refractivity (Wildman–Crippen MR) is 99.5 cm³/mol. The second-order valence-corrected chi connectivity index (χ2v) is 7.10. The largest absolute Gasteiger partial charge is 0.376 e. The molecule has 0 spiro atoms. The van der Waals surface area contributed by atoms with Crippen molar-refractivity contribution in [1.82, 2.24) is 10.2 Å². The van der Waals surface area contributed by atoms with Gasteiger partial charge in [0, 0.05) is 6.61 Å². The van der Waals surface area contributed by atoms with E-state index in [4.69, 9.17) is 17.0 Å². The number of amides is 1. The van der Waals surface area contributed by atoms with Crippen LogP contribution in [0.25, 0.3) is 6.08 Å². The Bertz CT molecular complexity index is 646. The molecule has 1 unspecified atom stereocenters. The highest BCUT2D eigenvalue weighted by atomic mass is 32.1. The fraction of sp³-hybridized carbons (Fsp3) is 0.474. The molecular weight excluding hydrogens is 320 g/mol. The molecular formula is C19H24N2O2S. The maximum Gasteiger partial charge on any atom is 0.274 e. The summed E-state index contributed by atoms with van der Waals surface area (Å²) >= 11 is 5.33. The Hall–Kier alpha value is -1.72. The van der Waals surface area contributed by atoms with Crippen LogP contribution in [0.2, 0.25) is 0 Å². The summed E-state index contributed by atoms with van der Waals surface area (Å²) in [5.41, 5.74) is 2.89. The lowest BCUT2D eigenvalue weighted by Crippen LogP contribution is -2.37. The van der Waals surface area contributed by atoms with Crippen LogP contribution in [0.4, 0.5) is 0 Å². The number of carbonyl (C=O) groups is 1. The predicted octanol–water partition coefficient (Wildman–Crippen LogP) is 3.44. The second-order valence-electron chi connectivity index (χ2n) is 6.71. The van der Waals surface area contributed by atoms with E-state index in [-0.39, 0.29) is 12.0 Å². The van der Waals surface area contributed by atoms with E-state index in [1.165, 1.54) is 12.0 Å². The van der Waals surface area contributed by atoms with Crippen LogP contribution in [0, 0.1) is 0 Å². The minimum atomic E-state index is -0.135. The van der Waals surface area contributed by atoms with E-state index >= 15 is 0 Å². The van der Waals surface area contributed by atoms with Gasteiger partial charge in [-0.05, 0) is 54.6 Å². The number of carbonyl (C=O) groups excluding carboxylic acids is 1. The third-order valence-corrected chi connectivity index (χ3v) is 4.88. The average Bonchev–Trinajstić information content (AvgIpc) is 2.83. The Kier molecular flexibility index (Phi) is 5.31. The Labute approximate surface area is 148 Å². The van der Waals surface area contributed by atoms with Gasteiger partial charge >= 0.3 is 0 Å². The molecule has 0 radical (unpaired) electrons. The maximum atomic E-state index is 12.3. The van der Waals surface area contributed by atoms with Gasteiger partial charge in [-0.3, -0.25) is 10.1 Å². The second kappa shape index (κ2) is 7.45. The lowest BCUT2D eigenvalue weighted by atomic mass is 10.0. The zero-order valence-electron chi connectivity index (χ0n) is 14.2. The number of hydrogen-bond acceptors (Lipinski definition) is 3. The lowest BCUT2D eigenvalue weighted by Gasteiger charge is -2.27. The van der Waals surface area contributed by atoms with E-state index in [0.29, 0.717) is 23.3 Å². The summed E-state index contributed by atoms with van der Waals surface area (Å²) in [6, 6.07) is 8.31. The molecule has 2 heterocycles. The van der Waals surface area contributed by atoms with Crippen molar-refractivity contribution in [2.45, 2.75) is 45.1 Å². The molecule has 1 atom stereocenters. The number of benzene rings is 1. The van der Waals surface area contributed by atoms with Crippen LogP contribution in [0.3, 0.4) is 0 Å². The summed E-state index contributed by atoms with van der Waals surface area (Å²) in [7, 11) is 0. The van der Waals surface area contributed by atoms with E-state index in [9.17, 15) is 4.79 Å². The van der Waals surface area contributed by atoms with Crippen LogP contribution in [-0.2, 0) is 9.53 Å². The lowest BCUT2D eigenvalue weighted by molar-refractivity contribution is -0.116. The number of hydrogen-bond donors (Lipinski definition) is 1. The van der Waals surface area contributed by atoms with Crippen LogP contribution in [0.5, 0.6) is 0 Å². The van der Waals surface area contributed by atoms with Crippen molar-refractivity contribution in [3.63, 3.8) is 0 Å². The van der Waals surface area contributed by atoms with E-state index in [1.54, 1.807) is 0 Å². The van der Waals surface area contributed by atoms with Crippen LogP contribution in [-0.4, -0.2) is 35.2 Å². The van der Waals surface area contributed by atoms with Crippen molar-refractivity contribution < 1.29 is 9.53 Å². The molecule has 5 heteroatoms. The molecule has 0 aromatic heterocycles. The van der Waals surface area contributed by atoms with Gasteiger partial charge in [-0.1, -0.05) is 38.1 Å². The maximum absolute atomic E-state index is 12.3. The van der Waals surface area contributed by atoms with Gasteiger partial charge in [-0.25, -0.2) is 0 Å². The molecule has 0 aliphatic carbocycles. The number of rotatable bonds is 4. The van der Waals surface area contributed by atoms with Gasteiger partial charge in [0.15, 0.2) is 5.11 Å². The summed E-state index contributed by atoms with van der Waals surface area (Å²) in [6.45, 7) is 5.76. The van der Waals surface area contributed by atoms with Crippen molar-refractivity contribution in [3.05, 3.63) is 41.1 Å². The Morgan fingerprint density at radius 2 is 2.08 bits per heavy atom. The molecule has 2 fully saturated rings. The van der Waals surface area contributed by atoms with Crippen molar-refractivity contribution in [3.8, 4) is 0 Å². The molecule has 1 aromatic rings. The van der Waals surface area contributed by atoms with Crippen LogP contribution >= 0.6 is 12.2 Å². The first-order valence-electron chi connectivity index (χ1n) is 8.60. The average molecular weight is 344 g/mol. The van der Waals surface area contributed by atoms with Crippen LogP contribution in [0.1, 0.15) is 50.2 Å². The topological polar surface area (TPSA) is 41.6 Å². The van der Waals surface area contributed by atoms with Crippen LogP contribution < -0.4 is 5.32 Å². The molecule has 1 aromatic carbocycles. The molecule has 1 amide bonds. The summed E-state index contributed by atoms with van der Waals surface area (Å²) in [6.07, 6.45) is 5.34. The zero-order chi connectivity index (χ0) is 17.1. The molecule has 0 bridgehead atoms. The number of thiocarbonyl (C=S) groups is 1. The Morgan fingerprint density at radius 3 is 2.71 bits per heavy atom. The summed E-state index contributed by atoms with van der Waals surface area (Å²) in [5, 5.41) is 3.22. The molecule has 3 rings (SSSR count). The van der Waals surface area contributed by atoms with Gasteiger partial charge in [-0.15, -0.1) is 0 Å². The van der Waals surface area contributed by atoms with Crippen molar-refractivity contribution in [2.24, 2.45) is 0 Å². The molecule has 0 saturated carbocycles. The van der Waals surface area contributed by atoms with E-state index in [0.717, 1.165) is 25.0 Å². The molecule has 2 aliphatic rings. The fourth-order valence-corrected chi connectivity index (χ4v) is 3.34. The van der Waals surface area contributed by atoms with Crippen molar-refractivity contribution in [1.29, 1.82) is 0 Å². The van der Waals surface area contributed by atoms with Crippen molar-refractivity contribution >= 4 is 29.3 Å². The minimum Gasteiger partial charge on any atom is -0.376 e. The normalized spacial score (nSPS) is 23.2. The number of ether oxygens (including phenoxy) is 1. The first-order chi connectivity index (χ1) is 11.5. The minimum absolute atomic E-state index is 0.135. The van der Waals surface area contributed by atoms with E-state index < -0.39 is 0 Å². The first-order valence-corrected chi connectivity index (χ1v) is 9.01. The van der Waals surface area contributed by atoms with E-state index in [1.807, 2.05) is 23.1 Å². The van der Waals surface area contributed by atoms with Crippen molar-refractivity contribution in [2.75, 3.05) is 13.2 Å². The fourth-order valence-electron chi connectivity index (χ4n) is 3.08. The molecule has 128 valence electrons. The summed E-state index contributed by atoms with van der Waals surface area (Å²) in [5.74, 6) is 0.359. The molecule has 24 heavy (non-hydrogen) atoms. The van der Waals surface area contributed by atoms with Gasteiger partial charge in [0.25, 0.3) is 5.91 Å². The third-order valence-electron chi connectivity index (χ3n) is 4.56. The molecule has 2 aliphatic heterocycles. The summed E-state index contributed by atoms with van der Waals surface area (Å²) < 4.78 is 5.80. The third kappa shape index (κ3) is 3.84. The van der Waals surface area contributed by atoms with Gasteiger partial charge in [0.05, 0.1) is 12.6 Å². The first kappa shape index (κ1) is 17.1. The standard InChI is InChI=1S/C19H24N2O2S/c1-13(2)15-8-6-14(7-9-15)11-17-18(22)20-19(24)21(17)12-16-5-3-4-10-23-16/h6-9,11,13,16H,3-5,10,12H2,1-2H3,(H,20,22,24)/b17-11+. The summed E-state index contributed by atoms with van der Waals surface area (Å²) in [4.78, 5) is 14.1. The molecule has 1 N–H and O–H groups in total. The Morgan fingerprint density at radius 1 is 1.33 bits per heavy atom. The van der Waals surface area contributed by atoms with Gasteiger partial charge < -0.3 is 9.64 Å². The molecule has 4 nitrogen and oxygen atoms in total. The Balaban J connectivity index is 1.79. The van der Waals surface area contributed by atoms with Gasteiger partial charge in [0.2, 0.25) is 0 Å². The van der Waals surface area contributed by atoms with Gasteiger partial charge in [0.1, 0.15) is 5.70 Å². The highest BCUT2D eigenvalue weighted by Gasteiger charge is 2.32. The highest BCUT2D eigenvalue weighted by Crippen LogP contribution is 2.22. The highest BCUT2D eigenvalue weighted by molar-refractivity contribution is 7.80. The quantitative estimate of drug-likeness (QED) is 0.671. The van der Waals surface area contributed by atoms with Crippen LogP contribution in [0.15, 0.2) is 30.0 Å². The number of nitrogens with zero attached hydrogens (tertiary/aromatic N) is 1. The number of nitrogens with one attached hydrogen (secondary N) is 1. The molecule has 2 saturated heterocycles. The SMILES string of the molecule is CC(C)c1ccc(/C=C2\C(=O)NC(=S)N2CC2CCCCO2)cc1. The smallest absolute Gasteiger partial charge is 0.274 e.